The van der Waals surface area contributed by atoms with Gasteiger partial charge in [-0.3, -0.25) is 4.90 Å². The Morgan fingerprint density at radius 1 is 1.50 bits per heavy atom. The van der Waals surface area contributed by atoms with Crippen LogP contribution in [0.2, 0.25) is 5.02 Å². The summed E-state index contributed by atoms with van der Waals surface area (Å²) >= 11 is 8.46. The number of ether oxygens (including phenoxy) is 1. The zero-order valence-electron chi connectivity index (χ0n) is 12.2. The fourth-order valence-electron chi connectivity index (χ4n) is 2.34. The van der Waals surface area contributed by atoms with Gasteiger partial charge in [0, 0.05) is 21.4 Å². The van der Waals surface area contributed by atoms with E-state index >= 15 is 0 Å². The molecule has 1 atom stereocenters. The summed E-state index contributed by atoms with van der Waals surface area (Å²) in [6.45, 7) is 8.41. The van der Waals surface area contributed by atoms with Crippen LogP contribution >= 0.6 is 34.2 Å². The van der Waals surface area contributed by atoms with Gasteiger partial charge in [-0.25, -0.2) is 4.79 Å². The van der Waals surface area contributed by atoms with E-state index in [4.69, 9.17) is 16.3 Å². The molecule has 0 saturated carbocycles. The van der Waals surface area contributed by atoms with Crippen LogP contribution < -0.4 is 4.90 Å². The minimum absolute atomic E-state index is 0.0856. The fraction of sp³-hybridized carbons (Fsp3) is 0.533. The Kier molecular flexibility index (Phi) is 4.27. The first-order valence-electron chi connectivity index (χ1n) is 6.53. The molecule has 0 radical (unpaired) electrons. The third-order valence-corrected chi connectivity index (χ3v) is 5.23. The average Bonchev–Trinajstić information content (AvgIpc) is 2.62. The molecule has 0 N–H and O–H groups in total. The lowest BCUT2D eigenvalue weighted by Gasteiger charge is -2.26. The minimum atomic E-state index is -0.493. The normalized spacial score (nSPS) is 21.8. The van der Waals surface area contributed by atoms with E-state index in [0.29, 0.717) is 11.6 Å². The molecule has 110 valence electrons. The highest BCUT2D eigenvalue weighted by molar-refractivity contribution is 14.1. The van der Waals surface area contributed by atoms with Crippen molar-refractivity contribution < 1.29 is 9.53 Å². The van der Waals surface area contributed by atoms with Crippen LogP contribution in [0.15, 0.2) is 18.2 Å². The van der Waals surface area contributed by atoms with Crippen LogP contribution in [0.3, 0.4) is 0 Å². The Balaban J connectivity index is 2.38. The molecule has 20 heavy (non-hydrogen) atoms. The molecule has 0 aromatic heterocycles. The molecule has 0 aliphatic carbocycles. The molecule has 1 aliphatic heterocycles. The molecule has 1 aromatic carbocycles. The predicted molar refractivity (Wildman–Crippen MR) is 91.3 cm³/mol. The van der Waals surface area contributed by atoms with Crippen LogP contribution in [0.25, 0.3) is 0 Å². The third-order valence-electron chi connectivity index (χ3n) is 3.32. The number of anilines is 1. The monoisotopic (exact) mass is 407 g/mol. The maximum absolute atomic E-state index is 12.4. The summed E-state index contributed by atoms with van der Waals surface area (Å²) in [4.78, 5) is 14.1. The van der Waals surface area contributed by atoms with Gasteiger partial charge in [0.25, 0.3) is 0 Å². The van der Waals surface area contributed by atoms with E-state index in [2.05, 4.69) is 29.5 Å². The first-order chi connectivity index (χ1) is 9.16. The number of carbonyl (C=O) groups is 1. The highest BCUT2D eigenvalue weighted by Gasteiger charge is 2.42. The predicted octanol–water partition coefficient (Wildman–Crippen LogP) is 4.79. The summed E-state index contributed by atoms with van der Waals surface area (Å²) in [5.74, 6) is 0. The SMILES string of the molecule is CC(C)(C)OC(=O)N1CC(C)(CI)c2cc(Cl)ccc21. The molecule has 0 saturated heterocycles. The highest BCUT2D eigenvalue weighted by Crippen LogP contribution is 2.43. The number of fused-ring (bicyclic) bond motifs is 1. The number of amides is 1. The second-order valence-electron chi connectivity index (χ2n) is 6.42. The van der Waals surface area contributed by atoms with Gasteiger partial charge < -0.3 is 4.74 Å². The van der Waals surface area contributed by atoms with Gasteiger partial charge in [0.1, 0.15) is 5.60 Å². The van der Waals surface area contributed by atoms with Crippen LogP contribution in [0.5, 0.6) is 0 Å². The van der Waals surface area contributed by atoms with Crippen LogP contribution in [-0.4, -0.2) is 22.7 Å². The van der Waals surface area contributed by atoms with Crippen molar-refractivity contribution in [3.63, 3.8) is 0 Å². The van der Waals surface area contributed by atoms with E-state index in [9.17, 15) is 4.79 Å². The van der Waals surface area contributed by atoms with Gasteiger partial charge in [-0.2, -0.15) is 0 Å². The summed E-state index contributed by atoms with van der Waals surface area (Å²) in [6, 6.07) is 5.68. The van der Waals surface area contributed by atoms with Crippen molar-refractivity contribution in [2.24, 2.45) is 0 Å². The second-order valence-corrected chi connectivity index (χ2v) is 7.62. The van der Waals surface area contributed by atoms with Crippen molar-refractivity contribution >= 4 is 46.0 Å². The van der Waals surface area contributed by atoms with Gasteiger partial charge >= 0.3 is 6.09 Å². The first kappa shape index (κ1) is 15.9. The number of rotatable bonds is 1. The van der Waals surface area contributed by atoms with Crippen LogP contribution in [0.4, 0.5) is 10.5 Å². The molecule has 1 aliphatic rings. The molecule has 1 aromatic rings. The topological polar surface area (TPSA) is 29.5 Å². The molecule has 3 nitrogen and oxygen atoms in total. The van der Waals surface area contributed by atoms with Crippen molar-refractivity contribution in [2.45, 2.75) is 38.7 Å². The van der Waals surface area contributed by atoms with Crippen molar-refractivity contribution in [1.29, 1.82) is 0 Å². The molecule has 1 amide bonds. The van der Waals surface area contributed by atoms with Crippen molar-refractivity contribution in [1.82, 2.24) is 0 Å². The Morgan fingerprint density at radius 2 is 2.15 bits per heavy atom. The van der Waals surface area contributed by atoms with Crippen LogP contribution in [-0.2, 0) is 10.2 Å². The second kappa shape index (κ2) is 5.37. The van der Waals surface area contributed by atoms with Crippen LogP contribution in [0, 0.1) is 0 Å². The quantitative estimate of drug-likeness (QED) is 0.495. The van der Waals surface area contributed by atoms with Gasteiger partial charge in [-0.15, -0.1) is 0 Å². The zero-order valence-corrected chi connectivity index (χ0v) is 15.1. The van der Waals surface area contributed by atoms with E-state index in [-0.39, 0.29) is 11.5 Å². The van der Waals surface area contributed by atoms with Crippen molar-refractivity contribution in [3.05, 3.63) is 28.8 Å². The van der Waals surface area contributed by atoms with Crippen LogP contribution in [0.1, 0.15) is 33.3 Å². The highest BCUT2D eigenvalue weighted by atomic mass is 127. The number of hydrogen-bond donors (Lipinski definition) is 0. The lowest BCUT2D eigenvalue weighted by molar-refractivity contribution is 0.0579. The summed E-state index contributed by atoms with van der Waals surface area (Å²) in [5.41, 5.74) is 1.44. The van der Waals surface area contributed by atoms with Gasteiger partial charge in [0.05, 0.1) is 5.69 Å². The number of carbonyl (C=O) groups excluding carboxylic acids is 1. The zero-order chi connectivity index (χ0) is 15.1. The molecule has 1 unspecified atom stereocenters. The fourth-order valence-corrected chi connectivity index (χ4v) is 3.16. The number of benzene rings is 1. The van der Waals surface area contributed by atoms with E-state index in [0.717, 1.165) is 15.7 Å². The Labute approximate surface area is 138 Å². The van der Waals surface area contributed by atoms with Gasteiger partial charge in [-0.1, -0.05) is 41.1 Å². The third kappa shape index (κ3) is 3.06. The first-order valence-corrected chi connectivity index (χ1v) is 8.43. The van der Waals surface area contributed by atoms with Crippen molar-refractivity contribution in [3.8, 4) is 0 Å². The Morgan fingerprint density at radius 3 is 2.70 bits per heavy atom. The lowest BCUT2D eigenvalue weighted by Crippen LogP contribution is -2.39. The Hall–Kier alpha value is -0.490. The molecule has 0 fully saturated rings. The van der Waals surface area contributed by atoms with Gasteiger partial charge in [0.2, 0.25) is 0 Å². The van der Waals surface area contributed by atoms with Gasteiger partial charge in [-0.05, 0) is 44.5 Å². The summed E-state index contributed by atoms with van der Waals surface area (Å²) in [6.07, 6.45) is -0.297. The Bertz CT molecular complexity index is 541. The lowest BCUT2D eigenvalue weighted by atomic mass is 9.87. The molecular weight excluding hydrogens is 389 g/mol. The summed E-state index contributed by atoms with van der Waals surface area (Å²) < 4.78 is 6.41. The van der Waals surface area contributed by atoms with Gasteiger partial charge in [0.15, 0.2) is 0 Å². The molecule has 1 heterocycles. The number of nitrogens with zero attached hydrogens (tertiary/aromatic N) is 1. The van der Waals surface area contributed by atoms with E-state index < -0.39 is 5.60 Å². The average molecular weight is 408 g/mol. The minimum Gasteiger partial charge on any atom is -0.443 e. The molecule has 2 rings (SSSR count). The molecule has 0 spiro atoms. The maximum atomic E-state index is 12.4. The van der Waals surface area contributed by atoms with E-state index in [1.54, 1.807) is 4.90 Å². The van der Waals surface area contributed by atoms with Crippen molar-refractivity contribution in [2.75, 3.05) is 15.9 Å². The number of halogens is 2. The smallest absolute Gasteiger partial charge is 0.414 e. The number of alkyl halides is 1. The molecular formula is C15H19ClINO2. The summed E-state index contributed by atoms with van der Waals surface area (Å²) in [5, 5.41) is 0.700. The standard InChI is InChI=1S/C15H19ClINO2/c1-14(2,3)20-13(19)18-9-15(4,8-17)11-7-10(16)5-6-12(11)18/h5-7H,8-9H2,1-4H3. The molecule has 0 bridgehead atoms. The largest absolute Gasteiger partial charge is 0.443 e. The molecule has 5 heteroatoms. The number of hydrogen-bond acceptors (Lipinski definition) is 2. The summed E-state index contributed by atoms with van der Waals surface area (Å²) in [7, 11) is 0. The maximum Gasteiger partial charge on any atom is 0.414 e. The van der Waals surface area contributed by atoms with E-state index in [1.807, 2.05) is 39.0 Å². The van der Waals surface area contributed by atoms with E-state index in [1.165, 1.54) is 0 Å².